The SMILES string of the molecule is C/C=C/CCCCCCCCCCCCCCCCCC(CC(=O)[O-])C(=O)O.[K+]. The first-order valence-electron chi connectivity index (χ1n) is 11.6. The molecule has 5 heteroatoms. The van der Waals surface area contributed by atoms with E-state index in [1.165, 1.54) is 83.5 Å². The van der Waals surface area contributed by atoms with Gasteiger partial charge in [0.1, 0.15) is 0 Å². The fraction of sp³-hybridized carbons (Fsp3) is 0.833. The van der Waals surface area contributed by atoms with Gasteiger partial charge in [-0.3, -0.25) is 4.79 Å². The smallest absolute Gasteiger partial charge is 0.550 e. The molecule has 29 heavy (non-hydrogen) atoms. The van der Waals surface area contributed by atoms with Gasteiger partial charge in [-0.1, -0.05) is 102 Å². The maximum atomic E-state index is 11.0. The maximum absolute atomic E-state index is 11.0. The Morgan fingerprint density at radius 3 is 1.48 bits per heavy atom. The molecule has 0 saturated heterocycles. The standard InChI is InChI=1S/C24H44O4.K/c1-2-3-4-5-6-7-8-9-10-11-12-13-14-15-16-17-18-19-20-22(24(27)28)21-23(25)26;/h2-3,22H,4-21H2,1H3,(H,25,26)(H,27,28);/q;+1/p-1/b3-2+;. The Balaban J connectivity index is 0. The molecule has 0 aliphatic rings. The molecule has 0 rings (SSSR count). The van der Waals surface area contributed by atoms with Crippen molar-refractivity contribution in [2.75, 3.05) is 0 Å². The van der Waals surface area contributed by atoms with Crippen molar-refractivity contribution in [1.29, 1.82) is 0 Å². The number of aliphatic carboxylic acids is 2. The van der Waals surface area contributed by atoms with E-state index in [1.54, 1.807) is 0 Å². The number of carbonyl (C=O) groups is 2. The van der Waals surface area contributed by atoms with Crippen molar-refractivity contribution >= 4 is 11.9 Å². The van der Waals surface area contributed by atoms with Gasteiger partial charge in [0, 0.05) is 12.4 Å². The first-order chi connectivity index (χ1) is 13.6. The van der Waals surface area contributed by atoms with Crippen molar-refractivity contribution in [2.24, 2.45) is 5.92 Å². The molecule has 0 bridgehead atoms. The van der Waals surface area contributed by atoms with E-state index in [0.29, 0.717) is 6.42 Å². The van der Waals surface area contributed by atoms with Crippen molar-refractivity contribution in [2.45, 2.75) is 122 Å². The van der Waals surface area contributed by atoms with E-state index in [-0.39, 0.29) is 57.8 Å². The summed E-state index contributed by atoms with van der Waals surface area (Å²) in [5, 5.41) is 19.5. The predicted molar refractivity (Wildman–Crippen MR) is 114 cm³/mol. The van der Waals surface area contributed by atoms with Crippen molar-refractivity contribution in [1.82, 2.24) is 0 Å². The molecule has 4 nitrogen and oxygen atoms in total. The minimum Gasteiger partial charge on any atom is -0.550 e. The first kappa shape index (κ1) is 31.5. The van der Waals surface area contributed by atoms with Gasteiger partial charge >= 0.3 is 57.4 Å². The van der Waals surface area contributed by atoms with E-state index in [2.05, 4.69) is 19.1 Å². The average molecular weight is 435 g/mol. The molecule has 0 fully saturated rings. The summed E-state index contributed by atoms with van der Waals surface area (Å²) in [6.45, 7) is 2.09. The Hall–Kier alpha value is 0.316. The molecule has 1 N–H and O–H groups in total. The summed E-state index contributed by atoms with van der Waals surface area (Å²) >= 11 is 0. The van der Waals surface area contributed by atoms with Crippen LogP contribution in [-0.4, -0.2) is 17.0 Å². The molecule has 0 saturated carbocycles. The Kier molecular flexibility index (Phi) is 26.7. The molecule has 1 atom stereocenters. The Labute approximate surface area is 221 Å². The van der Waals surface area contributed by atoms with Gasteiger partial charge in [-0.15, -0.1) is 0 Å². The zero-order chi connectivity index (χ0) is 20.9. The van der Waals surface area contributed by atoms with Crippen molar-refractivity contribution < 1.29 is 71.2 Å². The molecule has 0 radical (unpaired) electrons. The fourth-order valence-electron chi connectivity index (χ4n) is 3.63. The van der Waals surface area contributed by atoms with Crippen LogP contribution in [0.25, 0.3) is 0 Å². The number of hydrogen-bond donors (Lipinski definition) is 1. The van der Waals surface area contributed by atoms with Crippen LogP contribution in [0.5, 0.6) is 0 Å². The fourth-order valence-corrected chi connectivity index (χ4v) is 3.63. The number of rotatable bonds is 21. The van der Waals surface area contributed by atoms with Gasteiger partial charge < -0.3 is 15.0 Å². The second kappa shape index (κ2) is 24.6. The summed E-state index contributed by atoms with van der Waals surface area (Å²) < 4.78 is 0. The van der Waals surface area contributed by atoms with Gasteiger partial charge in [0.05, 0.1) is 5.92 Å². The van der Waals surface area contributed by atoms with Crippen LogP contribution >= 0.6 is 0 Å². The molecule has 0 aromatic rings. The molecular formula is C24H43KO4. The summed E-state index contributed by atoms with van der Waals surface area (Å²) in [6.07, 6.45) is 24.7. The maximum Gasteiger partial charge on any atom is 1.00 e. The van der Waals surface area contributed by atoms with Crippen LogP contribution in [0.15, 0.2) is 12.2 Å². The summed E-state index contributed by atoms with van der Waals surface area (Å²) in [5.74, 6) is -3.08. The van der Waals surface area contributed by atoms with Crippen LogP contribution in [0.2, 0.25) is 0 Å². The van der Waals surface area contributed by atoms with Gasteiger partial charge in [0.2, 0.25) is 0 Å². The Morgan fingerprint density at radius 2 is 1.14 bits per heavy atom. The Bertz CT molecular complexity index is 410. The van der Waals surface area contributed by atoms with Gasteiger partial charge in [-0.2, -0.15) is 0 Å². The van der Waals surface area contributed by atoms with Crippen LogP contribution < -0.4 is 56.5 Å². The van der Waals surface area contributed by atoms with Gasteiger partial charge in [0.25, 0.3) is 0 Å². The van der Waals surface area contributed by atoms with Crippen LogP contribution in [-0.2, 0) is 9.59 Å². The van der Waals surface area contributed by atoms with Crippen LogP contribution in [0.3, 0.4) is 0 Å². The first-order valence-corrected chi connectivity index (χ1v) is 11.6. The number of allylic oxidation sites excluding steroid dienone is 2. The van der Waals surface area contributed by atoms with Crippen LogP contribution in [0, 0.1) is 5.92 Å². The third-order valence-electron chi connectivity index (χ3n) is 5.42. The van der Waals surface area contributed by atoms with Gasteiger partial charge in [-0.25, -0.2) is 0 Å². The zero-order valence-corrected chi connectivity index (χ0v) is 22.3. The zero-order valence-electron chi connectivity index (χ0n) is 19.1. The van der Waals surface area contributed by atoms with E-state index in [9.17, 15) is 14.7 Å². The Morgan fingerprint density at radius 1 is 0.759 bits per heavy atom. The molecule has 164 valence electrons. The van der Waals surface area contributed by atoms with Gasteiger partial charge in [0.15, 0.2) is 0 Å². The van der Waals surface area contributed by atoms with Crippen molar-refractivity contribution in [3.8, 4) is 0 Å². The molecule has 0 aliphatic heterocycles. The van der Waals surface area contributed by atoms with Crippen molar-refractivity contribution in [3.05, 3.63) is 12.2 Å². The van der Waals surface area contributed by atoms with E-state index in [4.69, 9.17) is 5.11 Å². The molecule has 0 aromatic carbocycles. The summed E-state index contributed by atoms with van der Waals surface area (Å²) in [6, 6.07) is 0. The number of unbranched alkanes of at least 4 members (excludes halogenated alkanes) is 15. The minimum absolute atomic E-state index is 0. The number of hydrogen-bond acceptors (Lipinski definition) is 3. The average Bonchev–Trinajstić information content (AvgIpc) is 2.65. The second-order valence-corrected chi connectivity index (χ2v) is 8.06. The summed E-state index contributed by atoms with van der Waals surface area (Å²) in [5.41, 5.74) is 0. The minimum atomic E-state index is -1.27. The van der Waals surface area contributed by atoms with Crippen LogP contribution in [0.1, 0.15) is 122 Å². The molecule has 0 aromatic heterocycles. The molecular weight excluding hydrogens is 391 g/mol. The molecule has 1 unspecified atom stereocenters. The second-order valence-electron chi connectivity index (χ2n) is 8.06. The van der Waals surface area contributed by atoms with E-state index < -0.39 is 17.9 Å². The summed E-state index contributed by atoms with van der Waals surface area (Å²) in [7, 11) is 0. The third kappa shape index (κ3) is 24.5. The molecule has 0 heterocycles. The van der Waals surface area contributed by atoms with Crippen molar-refractivity contribution in [3.63, 3.8) is 0 Å². The van der Waals surface area contributed by atoms with Gasteiger partial charge in [-0.05, 0) is 26.2 Å². The molecule has 0 spiro atoms. The van der Waals surface area contributed by atoms with Crippen LogP contribution in [0.4, 0.5) is 0 Å². The topological polar surface area (TPSA) is 77.4 Å². The normalized spacial score (nSPS) is 12.0. The number of carbonyl (C=O) groups excluding carboxylic acids is 1. The summed E-state index contributed by atoms with van der Waals surface area (Å²) in [4.78, 5) is 21.5. The molecule has 0 amide bonds. The quantitative estimate of drug-likeness (QED) is 0.171. The third-order valence-corrected chi connectivity index (χ3v) is 5.42. The predicted octanol–water partition coefficient (Wildman–Crippen LogP) is 3.04. The number of carboxylic acid groups (broad SMARTS) is 2. The number of carboxylic acids is 2. The van der Waals surface area contributed by atoms with E-state index >= 15 is 0 Å². The largest absolute Gasteiger partial charge is 1.00 e. The van der Waals surface area contributed by atoms with E-state index in [0.717, 1.165) is 19.3 Å². The molecule has 0 aliphatic carbocycles. The monoisotopic (exact) mass is 434 g/mol. The van der Waals surface area contributed by atoms with E-state index in [1.807, 2.05) is 0 Å².